The summed E-state index contributed by atoms with van der Waals surface area (Å²) in [5, 5.41) is 0. The van der Waals surface area contributed by atoms with Crippen molar-refractivity contribution in [1.82, 2.24) is 5.43 Å². The first-order valence-electron chi connectivity index (χ1n) is 6.82. The number of hydrogen-bond donors (Lipinski definition) is 2. The molecule has 3 heteroatoms. The lowest BCUT2D eigenvalue weighted by atomic mass is 9.96. The van der Waals surface area contributed by atoms with Gasteiger partial charge in [0.2, 0.25) is 0 Å². The zero-order chi connectivity index (χ0) is 12.3. The molecule has 1 aliphatic rings. The summed E-state index contributed by atoms with van der Waals surface area (Å²) in [4.78, 5) is 3.05. The van der Waals surface area contributed by atoms with Gasteiger partial charge in [-0.1, -0.05) is 20.3 Å². The van der Waals surface area contributed by atoms with Gasteiger partial charge >= 0.3 is 0 Å². The molecule has 0 radical (unpaired) electrons. The van der Waals surface area contributed by atoms with E-state index in [0.29, 0.717) is 6.04 Å². The molecule has 2 atom stereocenters. The molecule has 0 bridgehead atoms. The fourth-order valence-electron chi connectivity index (χ4n) is 2.52. The monoisotopic (exact) mass is 252 g/mol. The number of nitrogens with one attached hydrogen (secondary N) is 1. The van der Waals surface area contributed by atoms with E-state index in [-0.39, 0.29) is 0 Å². The second-order valence-electron chi connectivity index (χ2n) is 5.27. The van der Waals surface area contributed by atoms with Crippen molar-refractivity contribution in [3.05, 3.63) is 21.4 Å². The van der Waals surface area contributed by atoms with Crippen LogP contribution < -0.4 is 11.3 Å². The van der Waals surface area contributed by atoms with E-state index in [1.165, 1.54) is 37.0 Å². The molecule has 2 unspecified atom stereocenters. The van der Waals surface area contributed by atoms with Gasteiger partial charge in [0.05, 0.1) is 6.04 Å². The molecular weight excluding hydrogens is 228 g/mol. The Bertz CT molecular complexity index is 336. The summed E-state index contributed by atoms with van der Waals surface area (Å²) < 4.78 is 0. The Morgan fingerprint density at radius 1 is 1.41 bits per heavy atom. The molecular formula is C14H24N2S. The molecule has 0 fully saturated rings. The Morgan fingerprint density at radius 3 is 2.82 bits per heavy atom. The van der Waals surface area contributed by atoms with Crippen LogP contribution in [0.1, 0.15) is 60.9 Å². The summed E-state index contributed by atoms with van der Waals surface area (Å²) in [5.41, 5.74) is 4.59. The Balaban J connectivity index is 2.10. The van der Waals surface area contributed by atoms with E-state index in [9.17, 15) is 0 Å². The maximum atomic E-state index is 5.72. The van der Waals surface area contributed by atoms with Crippen LogP contribution in [0.4, 0.5) is 0 Å². The van der Waals surface area contributed by atoms with Crippen molar-refractivity contribution in [2.45, 2.75) is 58.4 Å². The third-order valence-corrected chi connectivity index (χ3v) is 5.25. The summed E-state index contributed by atoms with van der Waals surface area (Å²) in [6.07, 6.45) is 7.64. The molecule has 0 aliphatic heterocycles. The molecule has 0 aromatic carbocycles. The Labute approximate surface area is 109 Å². The zero-order valence-corrected chi connectivity index (χ0v) is 11.8. The fraction of sp³-hybridized carbons (Fsp3) is 0.714. The molecule has 96 valence electrons. The van der Waals surface area contributed by atoms with Crippen LogP contribution in [0.3, 0.4) is 0 Å². The summed E-state index contributed by atoms with van der Waals surface area (Å²) in [7, 11) is 0. The number of nitrogens with two attached hydrogens (primary N) is 1. The van der Waals surface area contributed by atoms with Crippen LogP contribution in [-0.4, -0.2) is 0 Å². The summed E-state index contributed by atoms with van der Waals surface area (Å²) in [6.45, 7) is 4.55. The number of hydrazine groups is 1. The maximum absolute atomic E-state index is 5.72. The molecule has 1 aromatic rings. The van der Waals surface area contributed by atoms with Gasteiger partial charge < -0.3 is 0 Å². The first kappa shape index (κ1) is 13.1. The number of aryl methyl sites for hydroxylation is 2. The van der Waals surface area contributed by atoms with E-state index in [1.807, 2.05) is 11.3 Å². The molecule has 17 heavy (non-hydrogen) atoms. The average Bonchev–Trinajstić information content (AvgIpc) is 2.78. The van der Waals surface area contributed by atoms with Crippen LogP contribution in [0.2, 0.25) is 0 Å². The third-order valence-electron chi connectivity index (χ3n) is 3.90. The van der Waals surface area contributed by atoms with Gasteiger partial charge in [-0.15, -0.1) is 11.3 Å². The Kier molecular flexibility index (Phi) is 4.60. The molecule has 1 heterocycles. The van der Waals surface area contributed by atoms with Gasteiger partial charge in [-0.25, -0.2) is 0 Å². The SMILES string of the molecule is CCC(C)CC(NN)c1cc2c(s1)CCCC2. The molecule has 3 N–H and O–H groups in total. The van der Waals surface area contributed by atoms with Gasteiger partial charge in [-0.2, -0.15) is 0 Å². The highest BCUT2D eigenvalue weighted by Crippen LogP contribution is 2.34. The standard InChI is InChI=1S/C14H24N2S/c1-3-10(2)8-12(16-15)14-9-11-6-4-5-7-13(11)17-14/h9-10,12,16H,3-8,15H2,1-2H3. The lowest BCUT2D eigenvalue weighted by molar-refractivity contribution is 0.412. The van der Waals surface area contributed by atoms with Gasteiger partial charge in [0.1, 0.15) is 0 Å². The van der Waals surface area contributed by atoms with Crippen molar-refractivity contribution in [1.29, 1.82) is 0 Å². The lowest BCUT2D eigenvalue weighted by Crippen LogP contribution is -2.28. The summed E-state index contributed by atoms with van der Waals surface area (Å²) >= 11 is 1.98. The average molecular weight is 252 g/mol. The number of fused-ring (bicyclic) bond motifs is 1. The number of thiophene rings is 1. The minimum absolute atomic E-state index is 0.348. The van der Waals surface area contributed by atoms with Crippen LogP contribution in [0, 0.1) is 5.92 Å². The van der Waals surface area contributed by atoms with E-state index in [2.05, 4.69) is 25.3 Å². The van der Waals surface area contributed by atoms with Crippen LogP contribution in [0.25, 0.3) is 0 Å². The van der Waals surface area contributed by atoms with Crippen molar-refractivity contribution in [3.63, 3.8) is 0 Å². The van der Waals surface area contributed by atoms with Crippen molar-refractivity contribution in [3.8, 4) is 0 Å². The normalized spacial score (nSPS) is 18.8. The fourth-order valence-corrected chi connectivity index (χ4v) is 3.85. The van der Waals surface area contributed by atoms with Crippen LogP contribution >= 0.6 is 11.3 Å². The lowest BCUT2D eigenvalue weighted by Gasteiger charge is -2.18. The van der Waals surface area contributed by atoms with Gasteiger partial charge in [-0.3, -0.25) is 11.3 Å². The van der Waals surface area contributed by atoms with Crippen LogP contribution in [0.15, 0.2) is 6.07 Å². The molecule has 0 saturated heterocycles. The van der Waals surface area contributed by atoms with Gasteiger partial charge in [-0.05, 0) is 49.7 Å². The smallest absolute Gasteiger partial charge is 0.0556 e. The van der Waals surface area contributed by atoms with Crippen molar-refractivity contribution >= 4 is 11.3 Å². The molecule has 1 aromatic heterocycles. The van der Waals surface area contributed by atoms with Crippen molar-refractivity contribution < 1.29 is 0 Å². The Hall–Kier alpha value is -0.380. The molecule has 1 aliphatic carbocycles. The van der Waals surface area contributed by atoms with E-state index in [1.54, 1.807) is 10.4 Å². The molecule has 0 amide bonds. The summed E-state index contributed by atoms with van der Waals surface area (Å²) in [5.74, 6) is 6.45. The molecule has 2 rings (SSSR count). The molecule has 0 spiro atoms. The topological polar surface area (TPSA) is 38.0 Å². The largest absolute Gasteiger partial charge is 0.271 e. The van der Waals surface area contributed by atoms with Crippen LogP contribution in [0.5, 0.6) is 0 Å². The predicted molar refractivity (Wildman–Crippen MR) is 75.1 cm³/mol. The Morgan fingerprint density at radius 2 is 2.18 bits per heavy atom. The zero-order valence-electron chi connectivity index (χ0n) is 11.0. The minimum Gasteiger partial charge on any atom is -0.271 e. The molecule has 2 nitrogen and oxygen atoms in total. The first-order valence-corrected chi connectivity index (χ1v) is 7.63. The number of rotatable bonds is 5. The second-order valence-corrected chi connectivity index (χ2v) is 6.44. The molecule has 0 saturated carbocycles. The predicted octanol–water partition coefficient (Wildman–Crippen LogP) is 3.57. The van der Waals surface area contributed by atoms with Crippen molar-refractivity contribution in [2.75, 3.05) is 0 Å². The van der Waals surface area contributed by atoms with E-state index in [0.717, 1.165) is 12.3 Å². The number of hydrogen-bond acceptors (Lipinski definition) is 3. The van der Waals surface area contributed by atoms with E-state index < -0.39 is 0 Å². The van der Waals surface area contributed by atoms with E-state index in [4.69, 9.17) is 5.84 Å². The van der Waals surface area contributed by atoms with Crippen molar-refractivity contribution in [2.24, 2.45) is 11.8 Å². The van der Waals surface area contributed by atoms with Gasteiger partial charge in [0, 0.05) is 9.75 Å². The highest BCUT2D eigenvalue weighted by molar-refractivity contribution is 7.12. The second kappa shape index (κ2) is 5.98. The maximum Gasteiger partial charge on any atom is 0.0556 e. The van der Waals surface area contributed by atoms with Gasteiger partial charge in [0.15, 0.2) is 0 Å². The first-order chi connectivity index (χ1) is 8.24. The van der Waals surface area contributed by atoms with E-state index >= 15 is 0 Å². The highest BCUT2D eigenvalue weighted by Gasteiger charge is 2.19. The third kappa shape index (κ3) is 3.09. The quantitative estimate of drug-likeness (QED) is 0.621. The summed E-state index contributed by atoms with van der Waals surface area (Å²) in [6, 6.07) is 2.74. The highest BCUT2D eigenvalue weighted by atomic mass is 32.1. The minimum atomic E-state index is 0.348. The van der Waals surface area contributed by atoms with Crippen LogP contribution in [-0.2, 0) is 12.8 Å². The van der Waals surface area contributed by atoms with Gasteiger partial charge in [0.25, 0.3) is 0 Å².